The van der Waals surface area contributed by atoms with E-state index in [1.165, 1.54) is 4.31 Å². The second kappa shape index (κ2) is 12.1. The lowest BCUT2D eigenvalue weighted by atomic mass is 9.85. The van der Waals surface area contributed by atoms with Gasteiger partial charge in [-0.3, -0.25) is 9.48 Å². The van der Waals surface area contributed by atoms with Gasteiger partial charge < -0.3 is 9.47 Å². The number of hydrogen-bond acceptors (Lipinski definition) is 7. The first kappa shape index (κ1) is 27.8. The van der Waals surface area contributed by atoms with E-state index in [0.29, 0.717) is 18.8 Å². The maximum Gasteiger partial charge on any atom is 0.306 e. The number of esters is 1. The van der Waals surface area contributed by atoms with Gasteiger partial charge in [0.1, 0.15) is 17.3 Å². The Kier molecular flexibility index (Phi) is 8.83. The molecule has 0 radical (unpaired) electrons. The molecule has 2 heterocycles. The monoisotopic (exact) mass is 540 g/mol. The van der Waals surface area contributed by atoms with Crippen LogP contribution in [0, 0.1) is 6.92 Å². The third-order valence-corrected chi connectivity index (χ3v) is 8.88. The number of rotatable bonds is 10. The van der Waals surface area contributed by atoms with E-state index in [4.69, 9.17) is 9.47 Å². The summed E-state index contributed by atoms with van der Waals surface area (Å²) in [5, 5.41) is 8.47. The second-order valence-electron chi connectivity index (χ2n) is 9.66. The maximum atomic E-state index is 13.5. The largest absolute Gasteiger partial charge is 0.491 e. The quantitative estimate of drug-likeness (QED) is 0.351. The number of hydrogen-bond donors (Lipinski definition) is 0. The molecule has 0 amide bonds. The zero-order valence-electron chi connectivity index (χ0n) is 22.5. The van der Waals surface area contributed by atoms with Crippen molar-refractivity contribution in [2.75, 3.05) is 19.8 Å². The fraction of sp³-hybridized carbons (Fsp3) is 0.464. The molecule has 0 N–H and O–H groups in total. The van der Waals surface area contributed by atoms with Gasteiger partial charge in [-0.15, -0.1) is 5.10 Å². The Labute approximate surface area is 224 Å². The summed E-state index contributed by atoms with van der Waals surface area (Å²) in [6.07, 6.45) is 2.84. The molecule has 1 aliphatic rings. The Balaban J connectivity index is 1.62. The van der Waals surface area contributed by atoms with Gasteiger partial charge in [0.25, 0.3) is 0 Å². The minimum absolute atomic E-state index is 0.0686. The summed E-state index contributed by atoms with van der Waals surface area (Å²) in [7, 11) is -3.73. The topological polar surface area (TPSA) is 104 Å². The van der Waals surface area contributed by atoms with E-state index in [0.717, 1.165) is 28.9 Å². The normalized spacial score (nSPS) is 16.6. The van der Waals surface area contributed by atoms with E-state index >= 15 is 0 Å². The third-order valence-electron chi connectivity index (χ3n) is 7.00. The molecule has 204 valence electrons. The molecule has 0 bridgehead atoms. The number of nitrogens with zero attached hydrogens (tertiary/aromatic N) is 4. The van der Waals surface area contributed by atoms with Crippen molar-refractivity contribution in [2.24, 2.45) is 0 Å². The molecule has 0 spiro atoms. The first-order valence-electron chi connectivity index (χ1n) is 13.1. The summed E-state index contributed by atoms with van der Waals surface area (Å²) in [4.78, 5) is 12.7. The lowest BCUT2D eigenvalue weighted by Crippen LogP contribution is -2.32. The summed E-state index contributed by atoms with van der Waals surface area (Å²) in [6.45, 7) is 9.66. The summed E-state index contributed by atoms with van der Waals surface area (Å²) >= 11 is 0. The van der Waals surface area contributed by atoms with Crippen molar-refractivity contribution < 1.29 is 22.7 Å². The van der Waals surface area contributed by atoms with Gasteiger partial charge in [-0.25, -0.2) is 8.42 Å². The van der Waals surface area contributed by atoms with Crippen LogP contribution < -0.4 is 4.74 Å². The van der Waals surface area contributed by atoms with Crippen LogP contribution in [0.25, 0.3) is 0 Å². The van der Waals surface area contributed by atoms with E-state index < -0.39 is 10.0 Å². The van der Waals surface area contributed by atoms with E-state index in [1.54, 1.807) is 35.9 Å². The Bertz CT molecular complexity index is 1370. The predicted molar refractivity (Wildman–Crippen MR) is 143 cm³/mol. The molecule has 1 aliphatic heterocycles. The molecule has 1 aromatic heterocycles. The van der Waals surface area contributed by atoms with Crippen molar-refractivity contribution in [1.82, 2.24) is 19.3 Å². The van der Waals surface area contributed by atoms with Crippen LogP contribution in [0.4, 0.5) is 0 Å². The molecule has 9 nitrogen and oxygen atoms in total. The molecule has 2 aromatic carbocycles. The lowest BCUT2D eigenvalue weighted by Gasteiger charge is -2.23. The average molecular weight is 541 g/mol. The van der Waals surface area contributed by atoms with E-state index in [9.17, 15) is 13.2 Å². The molecular weight excluding hydrogens is 504 g/mol. The number of aromatic nitrogens is 3. The van der Waals surface area contributed by atoms with Crippen molar-refractivity contribution >= 4 is 16.0 Å². The van der Waals surface area contributed by atoms with Crippen LogP contribution in [0.3, 0.4) is 0 Å². The van der Waals surface area contributed by atoms with Crippen LogP contribution in [-0.2, 0) is 32.6 Å². The molecule has 0 aliphatic carbocycles. The number of fused-ring (bicyclic) bond motifs is 1. The Hall–Kier alpha value is -3.24. The van der Waals surface area contributed by atoms with Gasteiger partial charge in [0.15, 0.2) is 0 Å². The maximum absolute atomic E-state index is 13.5. The average Bonchev–Trinajstić information content (AvgIpc) is 3.34. The van der Waals surface area contributed by atoms with Crippen LogP contribution in [0.2, 0.25) is 0 Å². The van der Waals surface area contributed by atoms with E-state index in [-0.39, 0.29) is 48.8 Å². The van der Waals surface area contributed by atoms with Crippen LogP contribution in [0.1, 0.15) is 67.8 Å². The van der Waals surface area contributed by atoms with Gasteiger partial charge in [-0.05, 0) is 61.9 Å². The first-order valence-corrected chi connectivity index (χ1v) is 14.5. The van der Waals surface area contributed by atoms with Crippen LogP contribution >= 0.6 is 0 Å². The first-order chi connectivity index (χ1) is 18.2. The molecule has 2 atom stereocenters. The van der Waals surface area contributed by atoms with Crippen LogP contribution in [0.15, 0.2) is 53.6 Å². The van der Waals surface area contributed by atoms with Crippen molar-refractivity contribution in [3.8, 4) is 5.75 Å². The van der Waals surface area contributed by atoms with Gasteiger partial charge in [-0.2, -0.15) is 4.31 Å². The van der Waals surface area contributed by atoms with Gasteiger partial charge in [0.05, 0.1) is 18.7 Å². The van der Waals surface area contributed by atoms with Gasteiger partial charge in [0, 0.05) is 31.7 Å². The highest BCUT2D eigenvalue weighted by molar-refractivity contribution is 7.89. The van der Waals surface area contributed by atoms with Crippen LogP contribution in [0.5, 0.6) is 5.75 Å². The molecule has 10 heteroatoms. The van der Waals surface area contributed by atoms with Gasteiger partial charge in [0.2, 0.25) is 10.0 Å². The summed E-state index contributed by atoms with van der Waals surface area (Å²) < 4.78 is 41.2. The molecule has 0 saturated carbocycles. The summed E-state index contributed by atoms with van der Waals surface area (Å²) in [6, 6.07) is 12.8. The van der Waals surface area contributed by atoms with Crippen molar-refractivity contribution in [2.45, 2.75) is 70.4 Å². The highest BCUT2D eigenvalue weighted by atomic mass is 32.2. The SMILES string of the molecule is CCOC(=O)CC(CC(C)c1cn(CC)nn1)c1ccc(C)c(CN2CCOc3ccccc3S2(=O)=O)c1. The standard InChI is InChI=1S/C28H36N4O5S/c1-5-31-19-25(29-30-31)21(4)15-23(17-28(33)36-6-2)22-12-11-20(3)24(16-22)18-32-13-14-37-26-9-7-8-10-27(26)38(32,34)35/h7-12,16,19,21,23H,5-6,13-15,17-18H2,1-4H3. The number of ether oxygens (including phenoxy) is 2. The molecule has 3 aromatic rings. The fourth-order valence-corrected chi connectivity index (χ4v) is 6.30. The Morgan fingerprint density at radius 1 is 1.18 bits per heavy atom. The van der Waals surface area contributed by atoms with Crippen molar-refractivity contribution in [3.05, 3.63) is 71.0 Å². The summed E-state index contributed by atoms with van der Waals surface area (Å²) in [5.41, 5.74) is 3.72. The highest BCUT2D eigenvalue weighted by Gasteiger charge is 2.31. The number of benzene rings is 2. The summed E-state index contributed by atoms with van der Waals surface area (Å²) in [5.74, 6) is 0.0657. The van der Waals surface area contributed by atoms with Crippen molar-refractivity contribution in [1.29, 1.82) is 0 Å². The van der Waals surface area contributed by atoms with Gasteiger partial charge in [-0.1, -0.05) is 42.5 Å². The minimum atomic E-state index is -3.73. The smallest absolute Gasteiger partial charge is 0.306 e. The third kappa shape index (κ3) is 6.24. The second-order valence-corrected chi connectivity index (χ2v) is 11.6. The van der Waals surface area contributed by atoms with Crippen molar-refractivity contribution in [3.63, 3.8) is 0 Å². The number of aryl methyl sites for hydroxylation is 2. The Morgan fingerprint density at radius 3 is 2.71 bits per heavy atom. The molecular formula is C28H36N4O5S. The number of carbonyl (C=O) groups excluding carboxylic acids is 1. The van der Waals surface area contributed by atoms with Gasteiger partial charge >= 0.3 is 5.97 Å². The lowest BCUT2D eigenvalue weighted by molar-refractivity contribution is -0.143. The Morgan fingerprint density at radius 2 is 1.97 bits per heavy atom. The molecule has 0 fully saturated rings. The number of carbonyl (C=O) groups is 1. The molecule has 38 heavy (non-hydrogen) atoms. The number of sulfonamides is 1. The van der Waals surface area contributed by atoms with E-state index in [2.05, 4.69) is 17.2 Å². The molecule has 0 saturated heterocycles. The predicted octanol–water partition coefficient (Wildman–Crippen LogP) is 4.42. The van der Waals surface area contributed by atoms with Crippen LogP contribution in [-0.4, -0.2) is 53.4 Å². The number of para-hydroxylation sites is 1. The molecule has 4 rings (SSSR count). The highest BCUT2D eigenvalue weighted by Crippen LogP contribution is 2.34. The zero-order valence-corrected chi connectivity index (χ0v) is 23.3. The minimum Gasteiger partial charge on any atom is -0.491 e. The molecule has 2 unspecified atom stereocenters. The van der Waals surface area contributed by atoms with E-state index in [1.807, 2.05) is 38.2 Å². The zero-order chi connectivity index (χ0) is 27.3. The fourth-order valence-electron chi connectivity index (χ4n) is 4.77.